The molecule has 21 heavy (non-hydrogen) atoms. The van der Waals surface area contributed by atoms with Crippen molar-refractivity contribution in [3.63, 3.8) is 0 Å². The second-order valence-corrected chi connectivity index (χ2v) is 4.97. The number of fused-ring (bicyclic) bond motifs is 1. The molecule has 0 atom stereocenters. The first-order chi connectivity index (χ1) is 10.2. The van der Waals surface area contributed by atoms with E-state index in [4.69, 9.17) is 9.47 Å². The molecule has 3 rings (SSSR count). The third-order valence-corrected chi connectivity index (χ3v) is 3.66. The monoisotopic (exact) mass is 280 g/mol. The Bertz CT molecular complexity index is 782. The molecule has 2 aromatic carbocycles. The number of benzene rings is 2. The van der Waals surface area contributed by atoms with Crippen LogP contribution in [0.5, 0.6) is 11.5 Å². The maximum absolute atomic E-state index is 5.39. The average molecular weight is 280 g/mol. The normalized spacial score (nSPS) is 10.6. The maximum Gasteiger partial charge on any atom is 0.212 e. The molecule has 0 aliphatic carbocycles. The minimum absolute atomic E-state index is 0.748. The zero-order valence-corrected chi connectivity index (χ0v) is 12.5. The summed E-state index contributed by atoms with van der Waals surface area (Å²) in [6.45, 7) is 0. The molecule has 3 aromatic rings. The molecule has 1 aromatic heterocycles. The molecule has 0 amide bonds. The van der Waals surface area contributed by atoms with Gasteiger partial charge in [-0.2, -0.15) is 0 Å². The van der Waals surface area contributed by atoms with E-state index in [9.17, 15) is 0 Å². The Morgan fingerprint density at radius 2 is 1.43 bits per heavy atom. The molecule has 0 saturated carbocycles. The Hall–Kier alpha value is -2.55. The molecule has 0 unspecified atom stereocenters. The molecule has 0 bridgehead atoms. The summed E-state index contributed by atoms with van der Waals surface area (Å²) in [5, 5.41) is 2.25. The van der Waals surface area contributed by atoms with Crippen LogP contribution in [-0.4, -0.2) is 14.2 Å². The number of aryl methyl sites for hydroxylation is 1. The van der Waals surface area contributed by atoms with E-state index in [1.54, 1.807) is 14.2 Å². The van der Waals surface area contributed by atoms with E-state index in [2.05, 4.69) is 36.0 Å². The Labute approximate surface area is 124 Å². The van der Waals surface area contributed by atoms with Crippen molar-refractivity contribution in [1.82, 2.24) is 0 Å². The summed E-state index contributed by atoms with van der Waals surface area (Å²) in [4.78, 5) is 0. The lowest BCUT2D eigenvalue weighted by atomic mass is 10.1. The fraction of sp³-hybridized carbons (Fsp3) is 0.167. The lowest BCUT2D eigenvalue weighted by Gasteiger charge is -2.09. The summed E-state index contributed by atoms with van der Waals surface area (Å²) in [5.41, 5.74) is 2.35. The van der Waals surface area contributed by atoms with Crippen LogP contribution in [0, 0.1) is 0 Å². The molecular weight excluding hydrogens is 262 g/mol. The molecule has 0 N–H and O–H groups in total. The molecule has 106 valence electrons. The number of rotatable bonds is 3. The highest BCUT2D eigenvalue weighted by molar-refractivity contribution is 5.87. The van der Waals surface area contributed by atoms with Crippen molar-refractivity contribution in [1.29, 1.82) is 0 Å². The summed E-state index contributed by atoms with van der Waals surface area (Å²) in [5.74, 6) is 1.50. The van der Waals surface area contributed by atoms with Crippen molar-refractivity contribution < 1.29 is 14.0 Å². The smallest absolute Gasteiger partial charge is 0.212 e. The molecule has 0 radical (unpaired) electrons. The standard InChI is InChI=1S/C18H18NO2/c1-19-12-15-11-18(21-3)17(20-2)10-14(15)9-16(19)13-7-5-4-6-8-13/h4-12H,1-3H3/q+1. The first kappa shape index (κ1) is 13.4. The van der Waals surface area contributed by atoms with Crippen molar-refractivity contribution in [3.05, 3.63) is 54.7 Å². The number of hydrogen-bond donors (Lipinski definition) is 0. The number of aromatic nitrogens is 1. The van der Waals surface area contributed by atoms with E-state index < -0.39 is 0 Å². The SMILES string of the molecule is COc1cc2cc(-c3ccccc3)[n+](C)cc2cc1OC. The van der Waals surface area contributed by atoms with E-state index in [0.29, 0.717) is 0 Å². The van der Waals surface area contributed by atoms with Gasteiger partial charge in [-0.05, 0) is 29.7 Å². The van der Waals surface area contributed by atoms with E-state index in [1.165, 1.54) is 5.56 Å². The molecule has 0 fully saturated rings. The van der Waals surface area contributed by atoms with Gasteiger partial charge in [0.15, 0.2) is 17.7 Å². The zero-order chi connectivity index (χ0) is 14.8. The second-order valence-electron chi connectivity index (χ2n) is 4.97. The Morgan fingerprint density at radius 3 is 2.05 bits per heavy atom. The Morgan fingerprint density at radius 1 is 0.810 bits per heavy atom. The highest BCUT2D eigenvalue weighted by atomic mass is 16.5. The maximum atomic E-state index is 5.39. The van der Waals surface area contributed by atoms with Gasteiger partial charge in [-0.15, -0.1) is 0 Å². The third-order valence-electron chi connectivity index (χ3n) is 3.66. The van der Waals surface area contributed by atoms with Crippen LogP contribution >= 0.6 is 0 Å². The molecule has 3 nitrogen and oxygen atoms in total. The first-order valence-corrected chi connectivity index (χ1v) is 6.84. The topological polar surface area (TPSA) is 22.3 Å². The number of ether oxygens (including phenoxy) is 2. The van der Waals surface area contributed by atoms with Gasteiger partial charge in [0.25, 0.3) is 0 Å². The van der Waals surface area contributed by atoms with Crippen LogP contribution in [0.25, 0.3) is 22.0 Å². The predicted molar refractivity (Wildman–Crippen MR) is 83.7 cm³/mol. The van der Waals surface area contributed by atoms with Gasteiger partial charge < -0.3 is 9.47 Å². The summed E-state index contributed by atoms with van der Waals surface area (Å²) in [6, 6.07) is 16.5. The number of pyridine rings is 1. The van der Waals surface area contributed by atoms with Crippen LogP contribution in [0.3, 0.4) is 0 Å². The van der Waals surface area contributed by atoms with Gasteiger partial charge in [-0.25, -0.2) is 4.57 Å². The quantitative estimate of drug-likeness (QED) is 0.686. The predicted octanol–water partition coefficient (Wildman–Crippen LogP) is 3.35. The minimum Gasteiger partial charge on any atom is -0.493 e. The first-order valence-electron chi connectivity index (χ1n) is 6.84. The van der Waals surface area contributed by atoms with Crippen LogP contribution in [0.15, 0.2) is 54.7 Å². The van der Waals surface area contributed by atoms with Crippen LogP contribution in [0.2, 0.25) is 0 Å². The second kappa shape index (κ2) is 5.44. The van der Waals surface area contributed by atoms with Gasteiger partial charge >= 0.3 is 0 Å². The van der Waals surface area contributed by atoms with E-state index in [-0.39, 0.29) is 0 Å². The van der Waals surface area contributed by atoms with Crippen molar-refractivity contribution in [2.45, 2.75) is 0 Å². The van der Waals surface area contributed by atoms with Gasteiger partial charge in [-0.1, -0.05) is 18.2 Å². The van der Waals surface area contributed by atoms with Gasteiger partial charge in [0.1, 0.15) is 7.05 Å². The molecule has 0 aliphatic heterocycles. The zero-order valence-electron chi connectivity index (χ0n) is 12.5. The van der Waals surface area contributed by atoms with Gasteiger partial charge in [0.05, 0.1) is 14.2 Å². The summed E-state index contributed by atoms with van der Waals surface area (Å²) in [7, 11) is 5.37. The van der Waals surface area contributed by atoms with E-state index >= 15 is 0 Å². The number of methoxy groups -OCH3 is 2. The fourth-order valence-electron chi connectivity index (χ4n) is 2.57. The van der Waals surface area contributed by atoms with Gasteiger partial charge in [0, 0.05) is 17.0 Å². The van der Waals surface area contributed by atoms with Gasteiger partial charge in [0.2, 0.25) is 5.69 Å². The van der Waals surface area contributed by atoms with E-state index in [1.807, 2.05) is 30.3 Å². The Balaban J connectivity index is 2.23. The Kier molecular flexibility index (Phi) is 3.48. The summed E-state index contributed by atoms with van der Waals surface area (Å²) >= 11 is 0. The van der Waals surface area contributed by atoms with Crippen molar-refractivity contribution >= 4 is 10.8 Å². The molecule has 0 aliphatic rings. The van der Waals surface area contributed by atoms with Crippen molar-refractivity contribution in [3.8, 4) is 22.8 Å². The van der Waals surface area contributed by atoms with Crippen LogP contribution in [-0.2, 0) is 7.05 Å². The molecule has 1 heterocycles. The average Bonchev–Trinajstić information content (AvgIpc) is 2.53. The third kappa shape index (κ3) is 2.42. The summed E-state index contributed by atoms with van der Waals surface area (Å²) < 4.78 is 12.9. The highest BCUT2D eigenvalue weighted by Gasteiger charge is 2.14. The molecule has 0 spiro atoms. The van der Waals surface area contributed by atoms with Crippen molar-refractivity contribution in [2.75, 3.05) is 14.2 Å². The molecular formula is C18H18NO2+. The van der Waals surface area contributed by atoms with E-state index in [0.717, 1.165) is 28.0 Å². The molecule has 3 heteroatoms. The van der Waals surface area contributed by atoms with Gasteiger partial charge in [-0.3, -0.25) is 0 Å². The number of nitrogens with zero attached hydrogens (tertiary/aromatic N) is 1. The van der Waals surface area contributed by atoms with Crippen LogP contribution in [0.4, 0.5) is 0 Å². The van der Waals surface area contributed by atoms with Crippen LogP contribution < -0.4 is 14.0 Å². The van der Waals surface area contributed by atoms with Crippen LogP contribution in [0.1, 0.15) is 0 Å². The largest absolute Gasteiger partial charge is 0.493 e. The lowest BCUT2D eigenvalue weighted by Crippen LogP contribution is -2.30. The number of hydrogen-bond acceptors (Lipinski definition) is 2. The highest BCUT2D eigenvalue weighted by Crippen LogP contribution is 2.32. The molecule has 0 saturated heterocycles. The van der Waals surface area contributed by atoms with Crippen molar-refractivity contribution in [2.24, 2.45) is 7.05 Å². The minimum atomic E-state index is 0.748. The fourth-order valence-corrected chi connectivity index (χ4v) is 2.57. The lowest BCUT2D eigenvalue weighted by molar-refractivity contribution is -0.659. The summed E-state index contributed by atoms with van der Waals surface area (Å²) in [6.07, 6.45) is 2.11.